The molecular formula is C15H13FN2O4. The zero-order valence-electron chi connectivity index (χ0n) is 11.7. The number of nitro groups is 1. The summed E-state index contributed by atoms with van der Waals surface area (Å²) in [6.07, 6.45) is 0. The summed E-state index contributed by atoms with van der Waals surface area (Å²) in [4.78, 5) is 22.0. The zero-order valence-corrected chi connectivity index (χ0v) is 11.7. The van der Waals surface area contributed by atoms with Gasteiger partial charge in [0, 0.05) is 23.4 Å². The lowest BCUT2D eigenvalue weighted by atomic mass is 10.1. The van der Waals surface area contributed by atoms with Crippen LogP contribution in [-0.4, -0.2) is 24.4 Å². The number of Topliss-reactive ketones (excluding diaryl/α,β-unsaturated/α-hetero) is 1. The average molecular weight is 304 g/mol. The molecule has 0 saturated carbocycles. The van der Waals surface area contributed by atoms with Gasteiger partial charge in [-0.05, 0) is 30.3 Å². The number of nitrogens with one attached hydrogen (secondary N) is 1. The molecule has 0 aliphatic heterocycles. The van der Waals surface area contributed by atoms with Crippen molar-refractivity contribution in [1.29, 1.82) is 0 Å². The van der Waals surface area contributed by atoms with E-state index in [1.807, 2.05) is 0 Å². The highest BCUT2D eigenvalue weighted by molar-refractivity contribution is 5.99. The Labute approximate surface area is 125 Å². The fourth-order valence-corrected chi connectivity index (χ4v) is 1.83. The Balaban J connectivity index is 2.00. The number of nitro benzene ring substituents is 1. The first-order chi connectivity index (χ1) is 10.5. The zero-order chi connectivity index (χ0) is 16.1. The number of methoxy groups -OCH3 is 1. The van der Waals surface area contributed by atoms with Gasteiger partial charge in [0.25, 0.3) is 5.69 Å². The lowest BCUT2D eigenvalue weighted by Crippen LogP contribution is -2.14. The third kappa shape index (κ3) is 3.57. The third-order valence-corrected chi connectivity index (χ3v) is 3.00. The van der Waals surface area contributed by atoms with Gasteiger partial charge in [0.2, 0.25) is 0 Å². The summed E-state index contributed by atoms with van der Waals surface area (Å²) in [6, 6.07) is 9.63. The van der Waals surface area contributed by atoms with Gasteiger partial charge < -0.3 is 10.1 Å². The predicted molar refractivity (Wildman–Crippen MR) is 78.9 cm³/mol. The van der Waals surface area contributed by atoms with Crippen molar-refractivity contribution in [3.05, 3.63) is 64.0 Å². The molecule has 0 bridgehead atoms. The first-order valence-corrected chi connectivity index (χ1v) is 6.36. The average Bonchev–Trinajstić information content (AvgIpc) is 2.52. The van der Waals surface area contributed by atoms with Gasteiger partial charge in [-0.15, -0.1) is 0 Å². The molecule has 2 aromatic rings. The summed E-state index contributed by atoms with van der Waals surface area (Å²) in [5.41, 5.74) is 0.745. The smallest absolute Gasteiger partial charge is 0.269 e. The maximum Gasteiger partial charge on any atom is 0.269 e. The van der Waals surface area contributed by atoms with E-state index in [4.69, 9.17) is 4.74 Å². The van der Waals surface area contributed by atoms with Crippen molar-refractivity contribution in [3.8, 4) is 5.75 Å². The van der Waals surface area contributed by atoms with E-state index in [1.165, 1.54) is 43.5 Å². The van der Waals surface area contributed by atoms with Crippen LogP contribution in [0.5, 0.6) is 5.75 Å². The quantitative estimate of drug-likeness (QED) is 0.504. The molecular weight excluding hydrogens is 291 g/mol. The maximum absolute atomic E-state index is 13.5. The van der Waals surface area contributed by atoms with Crippen LogP contribution in [0.15, 0.2) is 42.5 Å². The number of ketones is 1. The lowest BCUT2D eigenvalue weighted by Gasteiger charge is -2.07. The molecule has 0 spiro atoms. The Morgan fingerprint density at radius 1 is 1.27 bits per heavy atom. The molecule has 0 radical (unpaired) electrons. The lowest BCUT2D eigenvalue weighted by molar-refractivity contribution is -0.384. The van der Waals surface area contributed by atoms with Crippen molar-refractivity contribution in [1.82, 2.24) is 0 Å². The summed E-state index contributed by atoms with van der Waals surface area (Å²) in [6.45, 7) is -0.0520. The second-order valence-electron chi connectivity index (χ2n) is 4.43. The second-order valence-corrected chi connectivity index (χ2v) is 4.43. The first kappa shape index (κ1) is 15.4. The van der Waals surface area contributed by atoms with Crippen molar-refractivity contribution in [3.63, 3.8) is 0 Å². The van der Waals surface area contributed by atoms with Gasteiger partial charge in [0.1, 0.15) is 0 Å². The maximum atomic E-state index is 13.5. The van der Waals surface area contributed by atoms with Crippen molar-refractivity contribution in [2.45, 2.75) is 0 Å². The van der Waals surface area contributed by atoms with Crippen LogP contribution in [0.3, 0.4) is 0 Å². The molecule has 114 valence electrons. The Morgan fingerprint density at radius 2 is 1.95 bits per heavy atom. The standard InChI is InChI=1S/C15H13FN2O4/c1-22-15-7-2-10(8-13(15)16)14(19)9-17-11-3-5-12(6-4-11)18(20)21/h2-8,17H,9H2,1H3. The molecule has 2 rings (SSSR count). The normalized spacial score (nSPS) is 10.1. The second kappa shape index (κ2) is 6.66. The number of nitrogens with zero attached hydrogens (tertiary/aromatic N) is 1. The minimum Gasteiger partial charge on any atom is -0.494 e. The highest BCUT2D eigenvalue weighted by Crippen LogP contribution is 2.19. The number of hydrogen-bond donors (Lipinski definition) is 1. The topological polar surface area (TPSA) is 81.5 Å². The van der Waals surface area contributed by atoms with Gasteiger partial charge in [-0.1, -0.05) is 0 Å². The number of carbonyl (C=O) groups excluding carboxylic acids is 1. The molecule has 22 heavy (non-hydrogen) atoms. The van der Waals surface area contributed by atoms with Crippen LogP contribution in [0.4, 0.5) is 15.8 Å². The van der Waals surface area contributed by atoms with Gasteiger partial charge in [-0.25, -0.2) is 4.39 Å². The van der Waals surface area contributed by atoms with Crippen LogP contribution in [0.1, 0.15) is 10.4 Å². The first-order valence-electron chi connectivity index (χ1n) is 6.36. The van der Waals surface area contributed by atoms with Crippen molar-refractivity contribution < 1.29 is 18.8 Å². The highest BCUT2D eigenvalue weighted by atomic mass is 19.1. The number of non-ortho nitro benzene ring substituents is 1. The van der Waals surface area contributed by atoms with Crippen LogP contribution in [0.25, 0.3) is 0 Å². The minimum absolute atomic E-state index is 0.0332. The number of benzene rings is 2. The van der Waals surface area contributed by atoms with Crippen molar-refractivity contribution >= 4 is 17.2 Å². The molecule has 2 aromatic carbocycles. The monoisotopic (exact) mass is 304 g/mol. The van der Waals surface area contributed by atoms with E-state index in [0.717, 1.165) is 6.07 Å². The molecule has 0 heterocycles. The molecule has 1 N–H and O–H groups in total. The van der Waals surface area contributed by atoms with Crippen LogP contribution in [0, 0.1) is 15.9 Å². The minimum atomic E-state index is -0.608. The van der Waals surface area contributed by atoms with Gasteiger partial charge in [0.05, 0.1) is 18.6 Å². The Bertz CT molecular complexity index is 701. The Morgan fingerprint density at radius 3 is 2.50 bits per heavy atom. The van der Waals surface area contributed by atoms with Crippen LogP contribution < -0.4 is 10.1 Å². The third-order valence-electron chi connectivity index (χ3n) is 3.00. The van der Waals surface area contributed by atoms with Crippen LogP contribution in [-0.2, 0) is 0 Å². The summed E-state index contributed by atoms with van der Waals surface area (Å²) in [7, 11) is 1.34. The summed E-state index contributed by atoms with van der Waals surface area (Å²) >= 11 is 0. The van der Waals surface area contributed by atoms with Gasteiger partial charge >= 0.3 is 0 Å². The van der Waals surface area contributed by atoms with E-state index in [2.05, 4.69) is 5.32 Å². The molecule has 0 unspecified atom stereocenters. The van der Waals surface area contributed by atoms with Gasteiger partial charge in [-0.3, -0.25) is 14.9 Å². The molecule has 7 heteroatoms. The van der Waals surface area contributed by atoms with E-state index >= 15 is 0 Å². The number of hydrogen-bond acceptors (Lipinski definition) is 5. The predicted octanol–water partition coefficient (Wildman–Crippen LogP) is 3.04. The van der Waals surface area contributed by atoms with Crippen molar-refractivity contribution in [2.75, 3.05) is 19.0 Å². The summed E-state index contributed by atoms with van der Waals surface area (Å²) in [5.74, 6) is -0.844. The molecule has 0 aliphatic rings. The molecule has 0 aromatic heterocycles. The Kier molecular flexibility index (Phi) is 4.67. The van der Waals surface area contributed by atoms with E-state index in [1.54, 1.807) is 0 Å². The summed E-state index contributed by atoms with van der Waals surface area (Å²) < 4.78 is 18.3. The fraction of sp³-hybridized carbons (Fsp3) is 0.133. The van der Waals surface area contributed by atoms with E-state index in [-0.39, 0.29) is 29.3 Å². The van der Waals surface area contributed by atoms with Crippen LogP contribution in [0.2, 0.25) is 0 Å². The van der Waals surface area contributed by atoms with Crippen LogP contribution >= 0.6 is 0 Å². The molecule has 0 aliphatic carbocycles. The largest absolute Gasteiger partial charge is 0.494 e. The number of carbonyl (C=O) groups is 1. The van der Waals surface area contributed by atoms with Gasteiger partial charge in [-0.2, -0.15) is 0 Å². The fourth-order valence-electron chi connectivity index (χ4n) is 1.83. The molecule has 6 nitrogen and oxygen atoms in total. The highest BCUT2D eigenvalue weighted by Gasteiger charge is 2.10. The SMILES string of the molecule is COc1ccc(C(=O)CNc2ccc([N+](=O)[O-])cc2)cc1F. The molecule has 0 atom stereocenters. The van der Waals surface area contributed by atoms with E-state index in [9.17, 15) is 19.3 Å². The number of halogens is 1. The summed E-state index contributed by atoms with van der Waals surface area (Å²) in [5, 5.41) is 13.4. The van der Waals surface area contributed by atoms with Gasteiger partial charge in [0.15, 0.2) is 17.3 Å². The number of anilines is 1. The molecule has 0 fully saturated rings. The molecule has 0 amide bonds. The number of ether oxygens (including phenoxy) is 1. The van der Waals surface area contributed by atoms with E-state index < -0.39 is 10.7 Å². The van der Waals surface area contributed by atoms with Crippen molar-refractivity contribution in [2.24, 2.45) is 0 Å². The number of rotatable bonds is 6. The molecule has 0 saturated heterocycles. The van der Waals surface area contributed by atoms with E-state index in [0.29, 0.717) is 5.69 Å². The Hall–Kier alpha value is -2.96.